The molecule has 0 radical (unpaired) electrons. The number of aromatic nitrogens is 3. The Labute approximate surface area is 229 Å². The number of carbonyl (C=O) groups excluding carboxylic acids is 1. The Hall–Kier alpha value is -3.69. The molecule has 0 aliphatic heterocycles. The number of anilines is 1. The van der Waals surface area contributed by atoms with Gasteiger partial charge in [0.1, 0.15) is 22.7 Å². The van der Waals surface area contributed by atoms with E-state index in [0.29, 0.717) is 31.1 Å². The van der Waals surface area contributed by atoms with Gasteiger partial charge in [0.25, 0.3) is 0 Å². The lowest BCUT2D eigenvalue weighted by Crippen LogP contribution is -2.27. The van der Waals surface area contributed by atoms with Gasteiger partial charge in [-0.25, -0.2) is 14.8 Å². The molecule has 0 saturated carbocycles. The molecule has 208 valence electrons. The molecule has 2 heterocycles. The maximum Gasteiger partial charge on any atom is 0.344 e. The summed E-state index contributed by atoms with van der Waals surface area (Å²) in [6.07, 6.45) is 2.69. The van der Waals surface area contributed by atoms with Gasteiger partial charge in [0.05, 0.1) is 17.6 Å². The Morgan fingerprint density at radius 1 is 1.08 bits per heavy atom. The van der Waals surface area contributed by atoms with Crippen LogP contribution in [-0.2, 0) is 33.8 Å². The first-order chi connectivity index (χ1) is 18.7. The second-order valence-corrected chi connectivity index (χ2v) is 10.5. The third kappa shape index (κ3) is 7.68. The van der Waals surface area contributed by atoms with Crippen molar-refractivity contribution in [3.63, 3.8) is 0 Å². The zero-order valence-electron chi connectivity index (χ0n) is 23.3. The number of nitrogens with two attached hydrogens (primary N) is 1. The average Bonchev–Trinajstić information content (AvgIpc) is 3.27. The number of rotatable bonds is 13. The van der Waals surface area contributed by atoms with Crippen LogP contribution in [0.3, 0.4) is 0 Å². The minimum Gasteiger partial charge on any atom is -0.482 e. The summed E-state index contributed by atoms with van der Waals surface area (Å²) >= 11 is 0. The van der Waals surface area contributed by atoms with Crippen molar-refractivity contribution in [2.75, 3.05) is 32.6 Å². The van der Waals surface area contributed by atoms with E-state index in [1.807, 2.05) is 63.2 Å². The summed E-state index contributed by atoms with van der Waals surface area (Å²) in [5.74, 6) is 1.69. The summed E-state index contributed by atoms with van der Waals surface area (Å²) in [5.41, 5.74) is 9.53. The van der Waals surface area contributed by atoms with Crippen LogP contribution in [-0.4, -0.2) is 53.0 Å². The molecular formula is C30H39N5O4. The molecule has 0 unspecified atom stereocenters. The number of nitrogens with one attached hydrogen (secondary N) is 1. The summed E-state index contributed by atoms with van der Waals surface area (Å²) < 4.78 is 18.5. The monoisotopic (exact) mass is 533 g/mol. The summed E-state index contributed by atoms with van der Waals surface area (Å²) in [6.45, 7) is 8.41. The van der Waals surface area contributed by atoms with E-state index in [0.717, 1.165) is 59.3 Å². The van der Waals surface area contributed by atoms with Crippen LogP contribution < -0.4 is 15.8 Å². The van der Waals surface area contributed by atoms with Crippen LogP contribution >= 0.6 is 0 Å². The van der Waals surface area contributed by atoms with Gasteiger partial charge in [0.15, 0.2) is 12.4 Å². The van der Waals surface area contributed by atoms with Gasteiger partial charge in [-0.3, -0.25) is 0 Å². The van der Waals surface area contributed by atoms with Crippen molar-refractivity contribution in [1.29, 1.82) is 0 Å². The summed E-state index contributed by atoms with van der Waals surface area (Å²) in [5, 5.41) is 4.57. The minimum atomic E-state index is -0.527. The average molecular weight is 534 g/mol. The number of unbranched alkanes of at least 4 members (excludes halogenated alkanes) is 1. The second-order valence-electron chi connectivity index (χ2n) is 10.5. The molecule has 0 saturated heterocycles. The number of pyridine rings is 1. The molecule has 39 heavy (non-hydrogen) atoms. The molecule has 4 rings (SSSR count). The number of aryl methyl sites for hydroxylation is 1. The summed E-state index contributed by atoms with van der Waals surface area (Å²) in [7, 11) is 1.70. The number of carbonyl (C=O) groups is 1. The van der Waals surface area contributed by atoms with Crippen LogP contribution in [0.15, 0.2) is 48.5 Å². The SMILES string of the molecule is COCCc1nc2c(N)nc3ccccc3c2n1CCCCNCc1cccc(OCC(=O)OC(C)(C)C)c1. The predicted octanol–water partition coefficient (Wildman–Crippen LogP) is 4.65. The van der Waals surface area contributed by atoms with E-state index in [2.05, 4.69) is 20.9 Å². The number of para-hydroxylation sites is 1. The highest BCUT2D eigenvalue weighted by molar-refractivity contribution is 6.06. The molecule has 0 amide bonds. The number of esters is 1. The molecule has 0 aliphatic carbocycles. The number of benzene rings is 2. The highest BCUT2D eigenvalue weighted by Crippen LogP contribution is 2.29. The van der Waals surface area contributed by atoms with E-state index >= 15 is 0 Å². The Morgan fingerprint density at radius 3 is 2.69 bits per heavy atom. The van der Waals surface area contributed by atoms with Crippen LogP contribution in [0.2, 0.25) is 0 Å². The maximum atomic E-state index is 11.9. The Bertz CT molecular complexity index is 1410. The number of methoxy groups -OCH3 is 1. The van der Waals surface area contributed by atoms with Crippen LogP contribution in [0.5, 0.6) is 5.75 Å². The standard InChI is InChI=1S/C30H39N5O4/c1-30(2,3)39-26(36)20-38-22-11-9-10-21(18-22)19-32-15-7-8-16-35-25(14-17-37-4)34-27-28(35)23-12-5-6-13-24(23)33-29(27)31/h5-6,9-13,18,32H,7-8,14-17,19-20H2,1-4H3,(H2,31,33). The number of hydrogen-bond acceptors (Lipinski definition) is 8. The molecule has 0 aliphatic rings. The number of imidazole rings is 1. The van der Waals surface area contributed by atoms with Gasteiger partial charge in [-0.05, 0) is 63.9 Å². The van der Waals surface area contributed by atoms with E-state index in [9.17, 15) is 4.79 Å². The number of nitrogens with zero attached hydrogens (tertiary/aromatic N) is 3. The molecule has 9 nitrogen and oxygen atoms in total. The first kappa shape index (κ1) is 28.3. The van der Waals surface area contributed by atoms with Crippen molar-refractivity contribution in [1.82, 2.24) is 19.9 Å². The van der Waals surface area contributed by atoms with Gasteiger partial charge in [-0.1, -0.05) is 30.3 Å². The van der Waals surface area contributed by atoms with Crippen molar-refractivity contribution in [3.05, 3.63) is 59.9 Å². The molecule has 9 heteroatoms. The number of hydrogen-bond donors (Lipinski definition) is 2. The lowest BCUT2D eigenvalue weighted by atomic mass is 10.2. The van der Waals surface area contributed by atoms with Crippen molar-refractivity contribution in [3.8, 4) is 5.75 Å². The lowest BCUT2D eigenvalue weighted by molar-refractivity contribution is -0.157. The Kier molecular flexibility index (Phi) is 9.37. The zero-order valence-corrected chi connectivity index (χ0v) is 23.3. The zero-order chi connectivity index (χ0) is 27.8. The highest BCUT2D eigenvalue weighted by Gasteiger charge is 2.18. The maximum absolute atomic E-state index is 11.9. The van der Waals surface area contributed by atoms with E-state index in [1.54, 1.807) is 7.11 Å². The normalized spacial score (nSPS) is 11.8. The van der Waals surface area contributed by atoms with Crippen molar-refractivity contribution in [2.45, 2.75) is 58.7 Å². The van der Waals surface area contributed by atoms with Gasteiger partial charge in [-0.2, -0.15) is 0 Å². The molecule has 2 aromatic carbocycles. The first-order valence-electron chi connectivity index (χ1n) is 13.4. The number of fused-ring (bicyclic) bond motifs is 3. The predicted molar refractivity (Wildman–Crippen MR) is 154 cm³/mol. The first-order valence-corrected chi connectivity index (χ1v) is 13.4. The van der Waals surface area contributed by atoms with E-state index < -0.39 is 5.60 Å². The molecule has 2 aromatic heterocycles. The van der Waals surface area contributed by atoms with Gasteiger partial charge in [0, 0.05) is 32.0 Å². The van der Waals surface area contributed by atoms with E-state index in [-0.39, 0.29) is 12.6 Å². The van der Waals surface area contributed by atoms with Gasteiger partial charge >= 0.3 is 5.97 Å². The molecule has 3 N–H and O–H groups in total. The van der Waals surface area contributed by atoms with Crippen LogP contribution in [0, 0.1) is 0 Å². The van der Waals surface area contributed by atoms with Crippen molar-refractivity contribution >= 4 is 33.7 Å². The molecular weight excluding hydrogens is 494 g/mol. The van der Waals surface area contributed by atoms with Gasteiger partial charge in [-0.15, -0.1) is 0 Å². The van der Waals surface area contributed by atoms with Crippen molar-refractivity contribution < 1.29 is 19.0 Å². The quantitative estimate of drug-likeness (QED) is 0.189. The largest absolute Gasteiger partial charge is 0.482 e. The molecule has 0 fully saturated rings. The van der Waals surface area contributed by atoms with E-state index in [1.165, 1.54) is 0 Å². The summed E-state index contributed by atoms with van der Waals surface area (Å²) in [6, 6.07) is 15.8. The fourth-order valence-corrected chi connectivity index (χ4v) is 4.54. The fourth-order valence-electron chi connectivity index (χ4n) is 4.54. The third-order valence-corrected chi connectivity index (χ3v) is 6.21. The fraction of sp³-hybridized carbons (Fsp3) is 0.433. The second kappa shape index (κ2) is 12.9. The van der Waals surface area contributed by atoms with Crippen molar-refractivity contribution in [2.24, 2.45) is 0 Å². The van der Waals surface area contributed by atoms with Crippen LogP contribution in [0.4, 0.5) is 5.82 Å². The van der Waals surface area contributed by atoms with Crippen LogP contribution in [0.1, 0.15) is 45.0 Å². The number of ether oxygens (including phenoxy) is 3. The topological polar surface area (TPSA) is 114 Å². The van der Waals surface area contributed by atoms with Gasteiger partial charge in [0.2, 0.25) is 0 Å². The molecule has 0 bridgehead atoms. The highest BCUT2D eigenvalue weighted by atomic mass is 16.6. The molecule has 4 aromatic rings. The Balaban J connectivity index is 1.32. The number of nitrogen functional groups attached to an aromatic ring is 1. The van der Waals surface area contributed by atoms with Gasteiger partial charge < -0.3 is 29.8 Å². The lowest BCUT2D eigenvalue weighted by Gasteiger charge is -2.19. The molecule has 0 spiro atoms. The van der Waals surface area contributed by atoms with E-state index in [4.69, 9.17) is 24.9 Å². The third-order valence-electron chi connectivity index (χ3n) is 6.21. The minimum absolute atomic E-state index is 0.111. The van der Waals surface area contributed by atoms with Crippen LogP contribution in [0.25, 0.3) is 21.9 Å². The Morgan fingerprint density at radius 2 is 1.90 bits per heavy atom. The smallest absolute Gasteiger partial charge is 0.344 e. The summed E-state index contributed by atoms with van der Waals surface area (Å²) in [4.78, 5) is 21.3. The molecule has 0 atom stereocenters.